The fourth-order valence-corrected chi connectivity index (χ4v) is 2.11. The topological polar surface area (TPSA) is 143 Å². The van der Waals surface area contributed by atoms with Crippen molar-refractivity contribution in [1.82, 2.24) is 0 Å². The molecule has 9 nitrogen and oxygen atoms in total. The van der Waals surface area contributed by atoms with Gasteiger partial charge in [-0.3, -0.25) is 0 Å². The Morgan fingerprint density at radius 1 is 0.793 bits per heavy atom. The molecule has 0 saturated carbocycles. The molecule has 0 fully saturated rings. The molecule has 0 aliphatic carbocycles. The van der Waals surface area contributed by atoms with Gasteiger partial charge in [0.2, 0.25) is 0 Å². The van der Waals surface area contributed by atoms with Gasteiger partial charge >= 0.3 is 11.9 Å². The summed E-state index contributed by atoms with van der Waals surface area (Å²) < 4.78 is 15.7. The number of carboxylic acids is 2. The van der Waals surface area contributed by atoms with E-state index in [1.807, 2.05) is 0 Å². The highest BCUT2D eigenvalue weighted by molar-refractivity contribution is 5.89. The van der Waals surface area contributed by atoms with Crippen LogP contribution in [0.3, 0.4) is 0 Å². The summed E-state index contributed by atoms with van der Waals surface area (Å²) in [5, 5.41) is 33.9. The molecule has 0 saturated heterocycles. The van der Waals surface area contributed by atoms with E-state index in [1.165, 1.54) is 32.1 Å². The SMILES string of the molecule is CCCCCCCCC(O)COCCOCCOCCO.O=C(O)/C=C\C(=O)O. The molecule has 0 aliphatic rings. The Morgan fingerprint density at radius 2 is 1.28 bits per heavy atom. The average molecular weight is 423 g/mol. The predicted octanol–water partition coefficient (Wildman–Crippen LogP) is 1.85. The van der Waals surface area contributed by atoms with E-state index in [0.29, 0.717) is 51.8 Å². The van der Waals surface area contributed by atoms with Crippen LogP contribution in [0.2, 0.25) is 0 Å². The summed E-state index contributed by atoms with van der Waals surface area (Å²) in [5.41, 5.74) is 0. The summed E-state index contributed by atoms with van der Waals surface area (Å²) in [5.74, 6) is -2.51. The minimum absolute atomic E-state index is 0.0413. The van der Waals surface area contributed by atoms with Crippen molar-refractivity contribution in [3.05, 3.63) is 12.2 Å². The highest BCUT2D eigenvalue weighted by Crippen LogP contribution is 2.08. The largest absolute Gasteiger partial charge is 0.478 e. The number of carboxylic acid groups (broad SMARTS) is 2. The van der Waals surface area contributed by atoms with Crippen LogP contribution >= 0.6 is 0 Å². The lowest BCUT2D eigenvalue weighted by molar-refractivity contribution is -0.134. The van der Waals surface area contributed by atoms with Crippen LogP contribution in [0.5, 0.6) is 0 Å². The number of hydrogen-bond donors (Lipinski definition) is 4. The van der Waals surface area contributed by atoms with Crippen LogP contribution in [0.4, 0.5) is 0 Å². The van der Waals surface area contributed by atoms with Gasteiger partial charge < -0.3 is 34.6 Å². The number of rotatable bonds is 19. The third-order valence-corrected chi connectivity index (χ3v) is 3.55. The lowest BCUT2D eigenvalue weighted by Gasteiger charge is -2.11. The first-order chi connectivity index (χ1) is 13.9. The second-order valence-electron chi connectivity index (χ2n) is 6.24. The van der Waals surface area contributed by atoms with E-state index in [2.05, 4.69) is 6.92 Å². The summed E-state index contributed by atoms with van der Waals surface area (Å²) in [4.78, 5) is 19.1. The Labute approximate surface area is 173 Å². The Hall–Kier alpha value is -1.52. The Morgan fingerprint density at radius 3 is 1.79 bits per heavy atom. The molecular formula is C20H38O9. The van der Waals surface area contributed by atoms with Crippen LogP contribution < -0.4 is 0 Å². The molecule has 9 heteroatoms. The molecule has 4 N–H and O–H groups in total. The molecular weight excluding hydrogens is 384 g/mol. The quantitative estimate of drug-likeness (QED) is 0.181. The third kappa shape index (κ3) is 31.4. The van der Waals surface area contributed by atoms with Crippen molar-refractivity contribution in [3.8, 4) is 0 Å². The fraction of sp³-hybridized carbons (Fsp3) is 0.800. The van der Waals surface area contributed by atoms with E-state index in [4.69, 9.17) is 29.5 Å². The number of aliphatic carboxylic acids is 2. The van der Waals surface area contributed by atoms with E-state index in [9.17, 15) is 14.7 Å². The molecule has 0 heterocycles. The first-order valence-corrected chi connectivity index (χ1v) is 10.1. The Balaban J connectivity index is 0. The van der Waals surface area contributed by atoms with Gasteiger partial charge in [-0.2, -0.15) is 0 Å². The highest BCUT2D eigenvalue weighted by Gasteiger charge is 2.03. The minimum atomic E-state index is -1.26. The maximum Gasteiger partial charge on any atom is 0.328 e. The standard InChI is InChI=1S/C16H34O5.C4H4O4/c1-2-3-4-5-6-7-8-16(18)15-21-14-13-20-12-11-19-10-9-17;5-3(6)1-2-4(7)8/h16-18H,2-15H2,1H3;1-2H,(H,5,6)(H,7,8)/b;2-1-. The van der Waals surface area contributed by atoms with Gasteiger partial charge in [0.1, 0.15) is 0 Å². The molecule has 1 unspecified atom stereocenters. The monoisotopic (exact) mass is 422 g/mol. The molecule has 0 aromatic rings. The van der Waals surface area contributed by atoms with Gasteiger partial charge in [-0.1, -0.05) is 45.4 Å². The normalized spacial score (nSPS) is 11.8. The number of carbonyl (C=O) groups is 2. The van der Waals surface area contributed by atoms with Crippen molar-refractivity contribution in [1.29, 1.82) is 0 Å². The van der Waals surface area contributed by atoms with Gasteiger partial charge in [-0.15, -0.1) is 0 Å². The van der Waals surface area contributed by atoms with Crippen molar-refractivity contribution in [2.75, 3.05) is 46.2 Å². The molecule has 0 radical (unpaired) electrons. The molecule has 0 spiro atoms. The van der Waals surface area contributed by atoms with Crippen LogP contribution in [-0.4, -0.2) is 84.7 Å². The Kier molecular flexibility index (Phi) is 25.1. The van der Waals surface area contributed by atoms with E-state index < -0.39 is 11.9 Å². The van der Waals surface area contributed by atoms with Crippen molar-refractivity contribution >= 4 is 11.9 Å². The molecule has 0 amide bonds. The zero-order chi connectivity index (χ0) is 22.2. The fourth-order valence-electron chi connectivity index (χ4n) is 2.11. The maximum absolute atomic E-state index is 9.74. The molecule has 172 valence electrons. The Bertz CT molecular complexity index is 383. The first-order valence-electron chi connectivity index (χ1n) is 10.1. The molecule has 0 bridgehead atoms. The summed E-state index contributed by atoms with van der Waals surface area (Å²) in [6, 6.07) is 0. The van der Waals surface area contributed by atoms with Crippen LogP contribution in [0.25, 0.3) is 0 Å². The van der Waals surface area contributed by atoms with E-state index in [-0.39, 0.29) is 12.7 Å². The molecule has 0 aliphatic heterocycles. The average Bonchev–Trinajstić information content (AvgIpc) is 2.68. The van der Waals surface area contributed by atoms with Crippen molar-refractivity contribution < 1.29 is 44.2 Å². The zero-order valence-corrected chi connectivity index (χ0v) is 17.5. The molecule has 0 aromatic heterocycles. The van der Waals surface area contributed by atoms with Crippen LogP contribution in [-0.2, 0) is 23.8 Å². The van der Waals surface area contributed by atoms with E-state index >= 15 is 0 Å². The second-order valence-corrected chi connectivity index (χ2v) is 6.24. The second kappa shape index (κ2) is 24.5. The summed E-state index contributed by atoms with van der Waals surface area (Å²) >= 11 is 0. The first kappa shape index (κ1) is 29.7. The van der Waals surface area contributed by atoms with Crippen LogP contribution in [0.15, 0.2) is 12.2 Å². The lowest BCUT2D eigenvalue weighted by atomic mass is 10.1. The molecule has 0 aromatic carbocycles. The third-order valence-electron chi connectivity index (χ3n) is 3.55. The van der Waals surface area contributed by atoms with Crippen LogP contribution in [0.1, 0.15) is 51.9 Å². The lowest BCUT2D eigenvalue weighted by Crippen LogP contribution is -2.18. The van der Waals surface area contributed by atoms with Gasteiger partial charge in [0.25, 0.3) is 0 Å². The van der Waals surface area contributed by atoms with Gasteiger partial charge in [0.05, 0.1) is 52.4 Å². The molecule has 29 heavy (non-hydrogen) atoms. The molecule has 0 rings (SSSR count). The number of aliphatic hydroxyl groups excluding tert-OH is 2. The van der Waals surface area contributed by atoms with Gasteiger partial charge in [0, 0.05) is 12.2 Å². The summed E-state index contributed by atoms with van der Waals surface area (Å²) in [7, 11) is 0. The van der Waals surface area contributed by atoms with Crippen molar-refractivity contribution in [3.63, 3.8) is 0 Å². The van der Waals surface area contributed by atoms with E-state index in [0.717, 1.165) is 12.8 Å². The van der Waals surface area contributed by atoms with Crippen LogP contribution in [0, 0.1) is 0 Å². The number of hydrogen-bond acceptors (Lipinski definition) is 7. The number of ether oxygens (including phenoxy) is 3. The maximum atomic E-state index is 9.74. The van der Waals surface area contributed by atoms with Crippen molar-refractivity contribution in [2.45, 2.75) is 58.0 Å². The predicted molar refractivity (Wildman–Crippen MR) is 108 cm³/mol. The summed E-state index contributed by atoms with van der Waals surface area (Å²) in [6.07, 6.45) is 9.02. The van der Waals surface area contributed by atoms with Gasteiger partial charge in [-0.25, -0.2) is 9.59 Å². The summed E-state index contributed by atoms with van der Waals surface area (Å²) in [6.45, 7) is 4.99. The number of unbranched alkanes of at least 4 members (excludes halogenated alkanes) is 5. The van der Waals surface area contributed by atoms with Crippen molar-refractivity contribution in [2.24, 2.45) is 0 Å². The van der Waals surface area contributed by atoms with E-state index in [1.54, 1.807) is 0 Å². The number of aliphatic hydroxyl groups is 2. The highest BCUT2D eigenvalue weighted by atomic mass is 16.5. The minimum Gasteiger partial charge on any atom is -0.478 e. The zero-order valence-electron chi connectivity index (χ0n) is 17.5. The molecule has 1 atom stereocenters. The van der Waals surface area contributed by atoms with Gasteiger partial charge in [0.15, 0.2) is 0 Å². The van der Waals surface area contributed by atoms with Gasteiger partial charge in [-0.05, 0) is 6.42 Å². The smallest absolute Gasteiger partial charge is 0.328 e.